The Kier molecular flexibility index (Phi) is 4.13. The molecule has 1 saturated heterocycles. The van der Waals surface area contributed by atoms with Gasteiger partial charge in [0.15, 0.2) is 5.78 Å². The number of likely N-dealkylation sites (N-methyl/N-ethyl adjacent to an activating group) is 1. The van der Waals surface area contributed by atoms with Gasteiger partial charge in [0.2, 0.25) is 5.91 Å². The first-order valence-electron chi connectivity index (χ1n) is 9.76. The minimum Gasteiger partial charge on any atom is -0.508 e. The van der Waals surface area contributed by atoms with Gasteiger partial charge in [0, 0.05) is 30.2 Å². The molecule has 1 aromatic carbocycles. The summed E-state index contributed by atoms with van der Waals surface area (Å²) in [6.07, 6.45) is 1.73. The van der Waals surface area contributed by atoms with Crippen LogP contribution in [0.2, 0.25) is 0 Å². The van der Waals surface area contributed by atoms with E-state index in [0.29, 0.717) is 12.8 Å². The zero-order chi connectivity index (χ0) is 19.6. The normalized spacial score (nSPS) is 35.5. The fourth-order valence-corrected chi connectivity index (χ4v) is 5.50. The van der Waals surface area contributed by atoms with Crippen LogP contribution in [0.5, 0.6) is 5.75 Å². The van der Waals surface area contributed by atoms with Crippen molar-refractivity contribution >= 4 is 11.7 Å². The number of ketones is 1. The van der Waals surface area contributed by atoms with Crippen LogP contribution in [0.25, 0.3) is 0 Å². The highest BCUT2D eigenvalue weighted by Crippen LogP contribution is 2.57. The molecule has 1 saturated carbocycles. The molecule has 1 unspecified atom stereocenters. The van der Waals surface area contributed by atoms with E-state index in [-0.39, 0.29) is 42.2 Å². The summed E-state index contributed by atoms with van der Waals surface area (Å²) in [5, 5.41) is 24.9. The summed E-state index contributed by atoms with van der Waals surface area (Å²) in [4.78, 5) is 27.4. The van der Waals surface area contributed by atoms with Gasteiger partial charge in [0.05, 0.1) is 11.6 Å². The lowest BCUT2D eigenvalue weighted by Gasteiger charge is -2.63. The summed E-state index contributed by atoms with van der Waals surface area (Å²) in [6, 6.07) is 4.53. The number of fused-ring (bicyclic) bond motifs is 1. The zero-order valence-electron chi connectivity index (χ0n) is 16.2. The van der Waals surface area contributed by atoms with Gasteiger partial charge in [0.1, 0.15) is 5.75 Å². The van der Waals surface area contributed by atoms with Gasteiger partial charge in [0.25, 0.3) is 0 Å². The second-order valence-corrected chi connectivity index (χ2v) is 8.86. The molecule has 1 aliphatic heterocycles. The van der Waals surface area contributed by atoms with Gasteiger partial charge in [-0.15, -0.1) is 0 Å². The minimum absolute atomic E-state index is 0.0341. The Bertz CT molecular complexity index is 807. The van der Waals surface area contributed by atoms with Crippen molar-refractivity contribution in [3.8, 4) is 5.75 Å². The number of rotatable bonds is 2. The van der Waals surface area contributed by atoms with E-state index in [4.69, 9.17) is 0 Å². The van der Waals surface area contributed by atoms with Crippen LogP contribution < -0.4 is 5.32 Å². The lowest BCUT2D eigenvalue weighted by Crippen LogP contribution is -2.75. The van der Waals surface area contributed by atoms with Crippen LogP contribution in [0.1, 0.15) is 44.2 Å². The molecule has 1 aromatic rings. The molecular formula is C21H28N2O4. The number of hydrogen-bond acceptors (Lipinski definition) is 5. The SMILES string of the molecule is CC(C)C(=O)N[C@H]1C[C@@]2(O)[C@H]3Cc4ccc(O)cc4C2(CCN3C)CC1=O. The monoisotopic (exact) mass is 372 g/mol. The predicted molar refractivity (Wildman–Crippen MR) is 100 cm³/mol. The maximum atomic E-state index is 13.0. The zero-order valence-corrected chi connectivity index (χ0v) is 16.2. The Hall–Kier alpha value is -1.92. The van der Waals surface area contributed by atoms with Gasteiger partial charge in [-0.1, -0.05) is 19.9 Å². The molecule has 1 heterocycles. The lowest BCUT2D eigenvalue weighted by atomic mass is 9.48. The number of Topliss-reactive ketones (excluding diaryl/α,β-unsaturated/α-hetero) is 1. The standard InChI is InChI=1S/C21H28N2O4/c1-12(2)19(26)22-16-10-21(27)18-8-13-4-5-14(24)9-15(13)20(21,11-17(16)25)6-7-23(18)3/h4-5,9,12,16,18,24,27H,6-8,10-11H2,1-3H3,(H,22,26)/t16-,18+,20?,21+/m0/s1. The number of piperidine rings is 1. The maximum absolute atomic E-state index is 13.0. The molecule has 1 amide bonds. The van der Waals surface area contributed by atoms with E-state index < -0.39 is 17.1 Å². The molecule has 2 fully saturated rings. The lowest BCUT2D eigenvalue weighted by molar-refractivity contribution is -0.174. The molecule has 2 bridgehead atoms. The molecule has 0 spiro atoms. The maximum Gasteiger partial charge on any atom is 0.223 e. The number of benzene rings is 1. The largest absolute Gasteiger partial charge is 0.508 e. The highest BCUT2D eigenvalue weighted by molar-refractivity contribution is 5.92. The third-order valence-electron chi connectivity index (χ3n) is 7.05. The van der Waals surface area contributed by atoms with E-state index >= 15 is 0 Å². The number of aromatic hydroxyl groups is 1. The van der Waals surface area contributed by atoms with E-state index in [0.717, 1.165) is 17.7 Å². The second kappa shape index (κ2) is 6.04. The van der Waals surface area contributed by atoms with Crippen LogP contribution >= 0.6 is 0 Å². The molecule has 2 aliphatic carbocycles. The summed E-state index contributed by atoms with van der Waals surface area (Å²) in [5.41, 5.74) is 0.166. The Morgan fingerprint density at radius 3 is 2.81 bits per heavy atom. The molecule has 4 atom stereocenters. The van der Waals surface area contributed by atoms with Crippen LogP contribution in [0.4, 0.5) is 0 Å². The quantitative estimate of drug-likeness (QED) is 0.724. The van der Waals surface area contributed by atoms with Gasteiger partial charge < -0.3 is 20.4 Å². The minimum atomic E-state index is -1.12. The number of nitrogens with zero attached hydrogens (tertiary/aromatic N) is 1. The number of aliphatic hydroxyl groups is 1. The summed E-state index contributed by atoms with van der Waals surface area (Å²) in [5.74, 6) is -0.256. The average Bonchev–Trinajstić information content (AvgIpc) is 2.60. The van der Waals surface area contributed by atoms with Crippen LogP contribution in [0, 0.1) is 5.92 Å². The molecule has 3 aliphatic rings. The van der Waals surface area contributed by atoms with Gasteiger partial charge in [-0.05, 0) is 49.7 Å². The highest BCUT2D eigenvalue weighted by Gasteiger charge is 2.66. The number of carbonyl (C=O) groups is 2. The fourth-order valence-electron chi connectivity index (χ4n) is 5.50. The number of phenols is 1. The van der Waals surface area contributed by atoms with Crippen molar-refractivity contribution in [1.29, 1.82) is 0 Å². The third-order valence-corrected chi connectivity index (χ3v) is 7.05. The van der Waals surface area contributed by atoms with Crippen molar-refractivity contribution in [2.45, 2.75) is 62.6 Å². The molecular weight excluding hydrogens is 344 g/mol. The van der Waals surface area contributed by atoms with Gasteiger partial charge in [-0.25, -0.2) is 0 Å². The number of nitrogens with one attached hydrogen (secondary N) is 1. The van der Waals surface area contributed by atoms with Crippen LogP contribution in [-0.4, -0.2) is 58.1 Å². The first kappa shape index (κ1) is 18.4. The number of carbonyl (C=O) groups excluding carboxylic acids is 2. The highest BCUT2D eigenvalue weighted by atomic mass is 16.3. The van der Waals surface area contributed by atoms with Crippen LogP contribution in [0.3, 0.4) is 0 Å². The molecule has 0 radical (unpaired) electrons. The topological polar surface area (TPSA) is 89.9 Å². The van der Waals surface area contributed by atoms with Crippen molar-refractivity contribution in [3.63, 3.8) is 0 Å². The molecule has 27 heavy (non-hydrogen) atoms. The van der Waals surface area contributed by atoms with E-state index in [1.165, 1.54) is 0 Å². The molecule has 4 rings (SSSR count). The summed E-state index contributed by atoms with van der Waals surface area (Å²) in [6.45, 7) is 4.38. The predicted octanol–water partition coefficient (Wildman–Crippen LogP) is 1.12. The van der Waals surface area contributed by atoms with Crippen molar-refractivity contribution in [1.82, 2.24) is 10.2 Å². The fraction of sp³-hybridized carbons (Fsp3) is 0.619. The number of phenolic OH excluding ortho intramolecular Hbond substituents is 1. The average molecular weight is 372 g/mol. The summed E-state index contributed by atoms with van der Waals surface area (Å²) >= 11 is 0. The second-order valence-electron chi connectivity index (χ2n) is 8.86. The van der Waals surface area contributed by atoms with Crippen molar-refractivity contribution in [3.05, 3.63) is 29.3 Å². The number of amides is 1. The van der Waals surface area contributed by atoms with E-state index in [1.807, 2.05) is 13.1 Å². The Morgan fingerprint density at radius 2 is 2.11 bits per heavy atom. The van der Waals surface area contributed by atoms with Gasteiger partial charge in [-0.3, -0.25) is 9.59 Å². The summed E-state index contributed by atoms with van der Waals surface area (Å²) < 4.78 is 0. The smallest absolute Gasteiger partial charge is 0.223 e. The summed E-state index contributed by atoms with van der Waals surface area (Å²) in [7, 11) is 2.01. The number of likely N-dealkylation sites (tertiary alicyclic amines) is 1. The Labute approximate surface area is 159 Å². The third kappa shape index (κ3) is 2.53. The van der Waals surface area contributed by atoms with Crippen molar-refractivity contribution in [2.75, 3.05) is 13.6 Å². The first-order valence-corrected chi connectivity index (χ1v) is 9.76. The molecule has 0 aromatic heterocycles. The molecule has 6 nitrogen and oxygen atoms in total. The van der Waals surface area contributed by atoms with E-state index in [2.05, 4.69) is 10.2 Å². The molecule has 6 heteroatoms. The Morgan fingerprint density at radius 1 is 1.37 bits per heavy atom. The van der Waals surface area contributed by atoms with Crippen molar-refractivity contribution < 1.29 is 19.8 Å². The molecule has 3 N–H and O–H groups in total. The van der Waals surface area contributed by atoms with Crippen LogP contribution in [-0.2, 0) is 21.4 Å². The van der Waals surface area contributed by atoms with Crippen molar-refractivity contribution in [2.24, 2.45) is 5.92 Å². The molecule has 146 valence electrons. The first-order chi connectivity index (χ1) is 12.7. The van der Waals surface area contributed by atoms with Gasteiger partial charge >= 0.3 is 0 Å². The van der Waals surface area contributed by atoms with Crippen LogP contribution in [0.15, 0.2) is 18.2 Å². The van der Waals surface area contributed by atoms with Gasteiger partial charge in [-0.2, -0.15) is 0 Å². The van der Waals surface area contributed by atoms with E-state index in [1.54, 1.807) is 26.0 Å². The Balaban J connectivity index is 1.80. The van der Waals surface area contributed by atoms with E-state index in [9.17, 15) is 19.8 Å². The number of hydrogen-bond donors (Lipinski definition) is 3.